The van der Waals surface area contributed by atoms with Crippen molar-refractivity contribution in [3.8, 4) is 5.75 Å². The largest absolute Gasteiger partial charge is 0.494 e. The van der Waals surface area contributed by atoms with Gasteiger partial charge in [0.25, 0.3) is 0 Å². The SMILES string of the molecule is CCCCCOc1ccc(C[C@H](N)c2n[nH]c(=O)o2)cc1. The highest BCUT2D eigenvalue weighted by Crippen LogP contribution is 2.17. The van der Waals surface area contributed by atoms with E-state index in [2.05, 4.69) is 17.1 Å². The van der Waals surface area contributed by atoms with E-state index in [0.717, 1.165) is 24.3 Å². The second-order valence-electron chi connectivity index (χ2n) is 4.96. The van der Waals surface area contributed by atoms with E-state index in [4.69, 9.17) is 14.9 Å². The molecule has 0 bridgehead atoms. The Morgan fingerprint density at radius 2 is 2.10 bits per heavy atom. The van der Waals surface area contributed by atoms with Crippen LogP contribution in [-0.4, -0.2) is 16.8 Å². The Morgan fingerprint density at radius 3 is 2.71 bits per heavy atom. The van der Waals surface area contributed by atoms with E-state index in [1.54, 1.807) is 0 Å². The minimum absolute atomic E-state index is 0.222. The van der Waals surface area contributed by atoms with Crippen LogP contribution in [0.1, 0.15) is 43.7 Å². The molecule has 2 rings (SSSR count). The minimum Gasteiger partial charge on any atom is -0.494 e. The molecule has 0 fully saturated rings. The van der Waals surface area contributed by atoms with Crippen molar-refractivity contribution in [2.75, 3.05) is 6.61 Å². The monoisotopic (exact) mass is 291 g/mol. The predicted octanol–water partition coefficient (Wildman–Crippen LogP) is 2.17. The molecule has 1 aromatic heterocycles. The molecule has 6 nitrogen and oxygen atoms in total. The van der Waals surface area contributed by atoms with Gasteiger partial charge in [-0.25, -0.2) is 9.89 Å². The lowest BCUT2D eigenvalue weighted by Gasteiger charge is -2.09. The molecule has 0 radical (unpaired) electrons. The highest BCUT2D eigenvalue weighted by atomic mass is 16.5. The Bertz CT molecular complexity index is 589. The third-order valence-corrected chi connectivity index (χ3v) is 3.17. The van der Waals surface area contributed by atoms with Crippen molar-refractivity contribution in [3.05, 3.63) is 46.3 Å². The van der Waals surface area contributed by atoms with E-state index in [1.165, 1.54) is 12.8 Å². The molecule has 1 atom stereocenters. The molecule has 3 N–H and O–H groups in total. The summed E-state index contributed by atoms with van der Waals surface area (Å²) in [4.78, 5) is 10.9. The van der Waals surface area contributed by atoms with Crippen LogP contribution in [0.15, 0.2) is 33.5 Å². The van der Waals surface area contributed by atoms with Crippen LogP contribution in [0.3, 0.4) is 0 Å². The van der Waals surface area contributed by atoms with Gasteiger partial charge in [0.05, 0.1) is 12.6 Å². The number of nitrogens with one attached hydrogen (secondary N) is 1. The fourth-order valence-corrected chi connectivity index (χ4v) is 2.01. The van der Waals surface area contributed by atoms with Gasteiger partial charge >= 0.3 is 5.76 Å². The Labute approximate surface area is 123 Å². The Morgan fingerprint density at radius 1 is 1.33 bits per heavy atom. The molecule has 0 saturated carbocycles. The maximum atomic E-state index is 10.9. The predicted molar refractivity (Wildman–Crippen MR) is 79.2 cm³/mol. The molecule has 1 aromatic carbocycles. The second kappa shape index (κ2) is 7.64. The smallest absolute Gasteiger partial charge is 0.434 e. The number of H-pyrrole nitrogens is 1. The summed E-state index contributed by atoms with van der Waals surface area (Å²) < 4.78 is 10.5. The number of ether oxygens (including phenoxy) is 1. The van der Waals surface area contributed by atoms with Gasteiger partial charge < -0.3 is 14.9 Å². The Hall–Kier alpha value is -2.08. The fraction of sp³-hybridized carbons (Fsp3) is 0.467. The number of aromatic nitrogens is 2. The molecule has 0 spiro atoms. The molecule has 0 aliphatic rings. The number of nitrogens with zero attached hydrogens (tertiary/aromatic N) is 1. The van der Waals surface area contributed by atoms with Gasteiger partial charge in [-0.1, -0.05) is 31.9 Å². The van der Waals surface area contributed by atoms with E-state index < -0.39 is 11.8 Å². The summed E-state index contributed by atoms with van der Waals surface area (Å²) in [6.07, 6.45) is 3.98. The van der Waals surface area contributed by atoms with E-state index in [-0.39, 0.29) is 5.89 Å². The summed E-state index contributed by atoms with van der Waals surface area (Å²) in [7, 11) is 0. The van der Waals surface area contributed by atoms with Gasteiger partial charge in [0, 0.05) is 0 Å². The molecule has 0 aliphatic heterocycles. The van der Waals surface area contributed by atoms with Crippen molar-refractivity contribution in [1.29, 1.82) is 0 Å². The first-order valence-electron chi connectivity index (χ1n) is 7.21. The summed E-state index contributed by atoms with van der Waals surface area (Å²) >= 11 is 0. The molecule has 2 aromatic rings. The lowest BCUT2D eigenvalue weighted by molar-refractivity contribution is 0.306. The molecule has 0 amide bonds. The first-order valence-corrected chi connectivity index (χ1v) is 7.21. The molecule has 21 heavy (non-hydrogen) atoms. The van der Waals surface area contributed by atoms with Crippen LogP contribution in [0.4, 0.5) is 0 Å². The molecular weight excluding hydrogens is 270 g/mol. The van der Waals surface area contributed by atoms with Gasteiger partial charge in [-0.05, 0) is 30.5 Å². The summed E-state index contributed by atoms with van der Waals surface area (Å²) in [6, 6.07) is 7.32. The van der Waals surface area contributed by atoms with Crippen molar-refractivity contribution >= 4 is 0 Å². The van der Waals surface area contributed by atoms with Crippen LogP contribution in [0.5, 0.6) is 5.75 Å². The highest BCUT2D eigenvalue weighted by molar-refractivity contribution is 5.28. The van der Waals surface area contributed by atoms with Crippen LogP contribution in [0.2, 0.25) is 0 Å². The first-order chi connectivity index (χ1) is 10.2. The quantitative estimate of drug-likeness (QED) is 0.727. The maximum absolute atomic E-state index is 10.9. The van der Waals surface area contributed by atoms with E-state index in [0.29, 0.717) is 6.42 Å². The molecule has 0 aliphatic carbocycles. The third kappa shape index (κ3) is 4.75. The number of rotatable bonds is 8. The average Bonchev–Trinajstić information content (AvgIpc) is 2.92. The number of hydrogen-bond donors (Lipinski definition) is 2. The molecule has 0 unspecified atom stereocenters. The summed E-state index contributed by atoms with van der Waals surface area (Å²) in [5.41, 5.74) is 6.98. The zero-order valence-electron chi connectivity index (χ0n) is 12.2. The zero-order valence-corrected chi connectivity index (χ0v) is 12.2. The lowest BCUT2D eigenvalue weighted by atomic mass is 10.1. The number of aromatic amines is 1. The Balaban J connectivity index is 1.85. The van der Waals surface area contributed by atoms with Crippen LogP contribution >= 0.6 is 0 Å². The lowest BCUT2D eigenvalue weighted by Crippen LogP contribution is -2.14. The van der Waals surface area contributed by atoms with Crippen LogP contribution in [0.25, 0.3) is 0 Å². The standard InChI is InChI=1S/C15H21N3O3/c1-2-3-4-9-20-12-7-5-11(6-8-12)10-13(16)14-17-18-15(19)21-14/h5-8,13H,2-4,9-10,16H2,1H3,(H,18,19)/t13-/m0/s1. The van der Waals surface area contributed by atoms with Crippen molar-refractivity contribution in [2.45, 2.75) is 38.6 Å². The fourth-order valence-electron chi connectivity index (χ4n) is 2.01. The number of hydrogen-bond acceptors (Lipinski definition) is 5. The van der Waals surface area contributed by atoms with Gasteiger partial charge in [-0.2, -0.15) is 0 Å². The highest BCUT2D eigenvalue weighted by Gasteiger charge is 2.13. The second-order valence-corrected chi connectivity index (χ2v) is 4.96. The molecule has 0 saturated heterocycles. The van der Waals surface area contributed by atoms with Crippen molar-refractivity contribution in [3.63, 3.8) is 0 Å². The summed E-state index contributed by atoms with van der Waals surface area (Å²) in [6.45, 7) is 2.91. The van der Waals surface area contributed by atoms with E-state index >= 15 is 0 Å². The third-order valence-electron chi connectivity index (χ3n) is 3.17. The van der Waals surface area contributed by atoms with Crippen LogP contribution in [0, 0.1) is 0 Å². The number of benzene rings is 1. The molecule has 6 heteroatoms. The normalized spacial score (nSPS) is 12.3. The van der Waals surface area contributed by atoms with Gasteiger partial charge in [-0.15, -0.1) is 5.10 Å². The minimum atomic E-state index is -0.587. The summed E-state index contributed by atoms with van der Waals surface area (Å²) in [5.74, 6) is 0.492. The molecule has 1 heterocycles. The van der Waals surface area contributed by atoms with Crippen molar-refractivity contribution in [2.24, 2.45) is 5.73 Å². The first kappa shape index (κ1) is 15.3. The average molecular weight is 291 g/mol. The van der Waals surface area contributed by atoms with Crippen LogP contribution in [-0.2, 0) is 6.42 Å². The van der Waals surface area contributed by atoms with Crippen molar-refractivity contribution in [1.82, 2.24) is 10.2 Å². The molecular formula is C15H21N3O3. The van der Waals surface area contributed by atoms with E-state index in [1.807, 2.05) is 24.3 Å². The van der Waals surface area contributed by atoms with Gasteiger partial charge in [0.2, 0.25) is 5.89 Å². The molecule has 114 valence electrons. The van der Waals surface area contributed by atoms with Gasteiger partial charge in [-0.3, -0.25) is 0 Å². The number of nitrogens with two attached hydrogens (primary N) is 1. The van der Waals surface area contributed by atoms with E-state index in [9.17, 15) is 4.79 Å². The van der Waals surface area contributed by atoms with Crippen LogP contribution < -0.4 is 16.2 Å². The maximum Gasteiger partial charge on any atom is 0.434 e. The van der Waals surface area contributed by atoms with Gasteiger partial charge in [0.1, 0.15) is 5.75 Å². The van der Waals surface area contributed by atoms with Crippen molar-refractivity contribution < 1.29 is 9.15 Å². The Kier molecular flexibility index (Phi) is 5.57. The topological polar surface area (TPSA) is 94.1 Å². The zero-order chi connectivity index (χ0) is 15.1. The summed E-state index contributed by atoms with van der Waals surface area (Å²) in [5, 5.41) is 5.94. The number of unbranched alkanes of at least 4 members (excludes halogenated alkanes) is 2. The van der Waals surface area contributed by atoms with Gasteiger partial charge in [0.15, 0.2) is 0 Å².